The van der Waals surface area contributed by atoms with Crippen molar-refractivity contribution in [2.75, 3.05) is 33.0 Å². The Balaban J connectivity index is 1.58. The van der Waals surface area contributed by atoms with E-state index >= 15 is 0 Å². The van der Waals surface area contributed by atoms with Crippen LogP contribution in [0.3, 0.4) is 0 Å². The van der Waals surface area contributed by atoms with Crippen LogP contribution in [-0.2, 0) is 27.3 Å². The SMILES string of the molecule is CC(=O)NNC(=N[C@H]1CC[C@H](C(=O)N(C)C)C[C@H]1NC(=O)c1nc2c(s1)CN(C)CC2)C(=O)Nc1ccc(Cl)cc1. The molecular weight excluding hydrogens is 568 g/mol. The molecule has 0 spiro atoms. The summed E-state index contributed by atoms with van der Waals surface area (Å²) in [6.07, 6.45) is 2.10. The minimum absolute atomic E-state index is 0.0310. The number of amides is 4. The molecule has 2 aromatic rings. The molecule has 2 heterocycles. The smallest absolute Gasteiger partial charge is 0.292 e. The zero-order chi connectivity index (χ0) is 29.7. The summed E-state index contributed by atoms with van der Waals surface area (Å²) in [5, 5.41) is 6.67. The number of halogens is 1. The number of hydrazine groups is 1. The van der Waals surface area contributed by atoms with Crippen LogP contribution in [-0.4, -0.2) is 84.0 Å². The number of thiazole rings is 1. The third kappa shape index (κ3) is 8.02. The quantitative estimate of drug-likeness (QED) is 0.232. The summed E-state index contributed by atoms with van der Waals surface area (Å²) in [7, 11) is 5.44. The fourth-order valence-electron chi connectivity index (χ4n) is 4.89. The highest BCUT2D eigenvalue weighted by molar-refractivity contribution is 7.13. The molecule has 0 bridgehead atoms. The van der Waals surface area contributed by atoms with Gasteiger partial charge in [0.1, 0.15) is 0 Å². The molecule has 220 valence electrons. The van der Waals surface area contributed by atoms with Gasteiger partial charge in [-0.05, 0) is 50.6 Å². The van der Waals surface area contributed by atoms with E-state index in [1.54, 1.807) is 43.3 Å². The monoisotopic (exact) mass is 602 g/mol. The molecule has 4 N–H and O–H groups in total. The molecule has 14 heteroatoms. The van der Waals surface area contributed by atoms with Crippen LogP contribution in [0.5, 0.6) is 0 Å². The van der Waals surface area contributed by atoms with E-state index in [-0.39, 0.29) is 23.6 Å². The lowest BCUT2D eigenvalue weighted by atomic mass is 9.81. The average molecular weight is 603 g/mol. The topological polar surface area (TPSA) is 148 Å². The summed E-state index contributed by atoms with van der Waals surface area (Å²) < 4.78 is 0. The third-order valence-corrected chi connectivity index (χ3v) is 8.34. The molecule has 0 radical (unpaired) electrons. The number of aliphatic imine (C=N–C) groups is 1. The number of carbonyl (C=O) groups excluding carboxylic acids is 4. The summed E-state index contributed by atoms with van der Waals surface area (Å²) in [5.74, 6) is -1.82. The lowest BCUT2D eigenvalue weighted by Crippen LogP contribution is -2.51. The molecule has 4 rings (SSSR count). The Kier molecular flexibility index (Phi) is 9.94. The Bertz CT molecular complexity index is 1330. The van der Waals surface area contributed by atoms with E-state index in [0.717, 1.165) is 30.1 Å². The maximum Gasteiger partial charge on any atom is 0.292 e. The maximum atomic E-state index is 13.4. The van der Waals surface area contributed by atoms with Crippen LogP contribution >= 0.6 is 22.9 Å². The van der Waals surface area contributed by atoms with E-state index in [9.17, 15) is 19.2 Å². The minimum Gasteiger partial charge on any atom is -0.349 e. The lowest BCUT2D eigenvalue weighted by molar-refractivity contribution is -0.134. The van der Waals surface area contributed by atoms with E-state index < -0.39 is 23.9 Å². The molecule has 1 aromatic carbocycles. The largest absolute Gasteiger partial charge is 0.349 e. The molecule has 3 atom stereocenters. The van der Waals surface area contributed by atoms with Crippen molar-refractivity contribution in [3.8, 4) is 0 Å². The highest BCUT2D eigenvalue weighted by Crippen LogP contribution is 2.30. The van der Waals surface area contributed by atoms with Gasteiger partial charge in [-0.1, -0.05) is 11.6 Å². The Morgan fingerprint density at radius 1 is 1.12 bits per heavy atom. The molecule has 1 aromatic heterocycles. The maximum absolute atomic E-state index is 13.4. The standard InChI is InChI=1S/C27H35ClN8O4S/c1-15(37)33-34-23(24(38)29-18-8-6-17(28)7-9-18)30-19-10-5-16(27(40)35(2)3)13-21(19)31-25(39)26-32-20-11-12-36(4)14-22(20)41-26/h6-9,16,19,21H,5,10-14H2,1-4H3,(H,29,38)(H,30,34)(H,31,39)(H,33,37)/t16-,19-,21+/m0/s1. The van der Waals surface area contributed by atoms with Gasteiger partial charge >= 0.3 is 0 Å². The molecule has 2 aliphatic rings. The van der Waals surface area contributed by atoms with Crippen molar-refractivity contribution < 1.29 is 19.2 Å². The van der Waals surface area contributed by atoms with Gasteiger partial charge in [0.2, 0.25) is 17.6 Å². The van der Waals surface area contributed by atoms with Crippen LogP contribution < -0.4 is 21.5 Å². The minimum atomic E-state index is -0.589. The number of carbonyl (C=O) groups is 4. The number of likely N-dealkylation sites (N-methyl/N-ethyl adjacent to an activating group) is 1. The van der Waals surface area contributed by atoms with Gasteiger partial charge in [-0.15, -0.1) is 11.3 Å². The Morgan fingerprint density at radius 2 is 1.85 bits per heavy atom. The van der Waals surface area contributed by atoms with Crippen LogP contribution in [0.25, 0.3) is 0 Å². The molecule has 1 saturated carbocycles. The Labute approximate surface area is 247 Å². The van der Waals surface area contributed by atoms with Gasteiger partial charge in [0, 0.05) is 62.0 Å². The molecule has 0 saturated heterocycles. The van der Waals surface area contributed by atoms with Gasteiger partial charge in [-0.2, -0.15) is 0 Å². The molecule has 41 heavy (non-hydrogen) atoms. The first-order valence-electron chi connectivity index (χ1n) is 13.4. The van der Waals surface area contributed by atoms with Crippen molar-refractivity contribution >= 4 is 58.1 Å². The van der Waals surface area contributed by atoms with Crippen molar-refractivity contribution in [1.29, 1.82) is 0 Å². The number of nitrogens with zero attached hydrogens (tertiary/aromatic N) is 4. The number of fused-ring (bicyclic) bond motifs is 1. The van der Waals surface area contributed by atoms with E-state index in [0.29, 0.717) is 35.0 Å². The molecule has 4 amide bonds. The van der Waals surface area contributed by atoms with Crippen LogP contribution in [0.2, 0.25) is 5.02 Å². The molecular formula is C27H35ClN8O4S. The Hall–Kier alpha value is -3.55. The summed E-state index contributed by atoms with van der Waals surface area (Å²) in [6.45, 7) is 2.93. The predicted octanol–water partition coefficient (Wildman–Crippen LogP) is 1.82. The number of anilines is 1. The predicted molar refractivity (Wildman–Crippen MR) is 158 cm³/mol. The van der Waals surface area contributed by atoms with Crippen LogP contribution in [0.4, 0.5) is 5.69 Å². The number of amidine groups is 1. The summed E-state index contributed by atoms with van der Waals surface area (Å²) in [5.41, 5.74) is 6.43. The van der Waals surface area contributed by atoms with Gasteiger partial charge in [-0.3, -0.25) is 35.0 Å². The lowest BCUT2D eigenvalue weighted by Gasteiger charge is -2.35. The second-order valence-corrected chi connectivity index (χ2v) is 12.0. The molecule has 1 fully saturated rings. The van der Waals surface area contributed by atoms with E-state index in [4.69, 9.17) is 11.6 Å². The van der Waals surface area contributed by atoms with Gasteiger partial charge in [-0.25, -0.2) is 4.98 Å². The van der Waals surface area contributed by atoms with E-state index in [1.807, 2.05) is 7.05 Å². The fourth-order valence-corrected chi connectivity index (χ4v) is 6.11. The number of hydrogen-bond donors (Lipinski definition) is 4. The highest BCUT2D eigenvalue weighted by Gasteiger charge is 2.37. The normalized spacial score (nSPS) is 20.9. The zero-order valence-corrected chi connectivity index (χ0v) is 25.1. The number of hydrogen-bond acceptors (Lipinski definition) is 8. The Morgan fingerprint density at radius 3 is 2.54 bits per heavy atom. The van der Waals surface area contributed by atoms with Crippen molar-refractivity contribution in [2.24, 2.45) is 10.9 Å². The first-order valence-corrected chi connectivity index (χ1v) is 14.6. The molecule has 1 aliphatic carbocycles. The third-order valence-electron chi connectivity index (χ3n) is 7.01. The van der Waals surface area contributed by atoms with Crippen LogP contribution in [0, 0.1) is 5.92 Å². The van der Waals surface area contributed by atoms with E-state index in [1.165, 1.54) is 18.3 Å². The first-order chi connectivity index (χ1) is 19.5. The first kappa shape index (κ1) is 30.4. The molecule has 1 aliphatic heterocycles. The zero-order valence-electron chi connectivity index (χ0n) is 23.5. The fraction of sp³-hybridized carbons (Fsp3) is 0.481. The van der Waals surface area contributed by atoms with Crippen molar-refractivity contribution in [2.45, 2.75) is 51.2 Å². The summed E-state index contributed by atoms with van der Waals surface area (Å²) >= 11 is 7.32. The number of rotatable bonds is 5. The molecule has 0 unspecified atom stereocenters. The highest BCUT2D eigenvalue weighted by atomic mass is 35.5. The van der Waals surface area contributed by atoms with Crippen molar-refractivity contribution in [1.82, 2.24) is 31.0 Å². The van der Waals surface area contributed by atoms with Crippen LogP contribution in [0.1, 0.15) is 46.6 Å². The second kappa shape index (κ2) is 13.4. The van der Waals surface area contributed by atoms with Gasteiger partial charge in [0.15, 0.2) is 5.01 Å². The van der Waals surface area contributed by atoms with Crippen molar-refractivity contribution in [3.05, 3.63) is 44.9 Å². The number of aromatic nitrogens is 1. The van der Waals surface area contributed by atoms with Gasteiger partial charge < -0.3 is 20.4 Å². The van der Waals surface area contributed by atoms with Gasteiger partial charge in [0.05, 0.1) is 17.8 Å². The summed E-state index contributed by atoms with van der Waals surface area (Å²) in [4.78, 5) is 65.1. The average Bonchev–Trinajstić information content (AvgIpc) is 3.35. The number of nitrogens with one attached hydrogen (secondary N) is 4. The number of benzene rings is 1. The van der Waals surface area contributed by atoms with Gasteiger partial charge in [0.25, 0.3) is 11.8 Å². The van der Waals surface area contributed by atoms with E-state index in [2.05, 4.69) is 36.4 Å². The van der Waals surface area contributed by atoms with Crippen molar-refractivity contribution in [3.63, 3.8) is 0 Å². The van der Waals surface area contributed by atoms with Crippen LogP contribution in [0.15, 0.2) is 29.3 Å². The molecule has 12 nitrogen and oxygen atoms in total. The summed E-state index contributed by atoms with van der Waals surface area (Å²) in [6, 6.07) is 5.46. The second-order valence-electron chi connectivity index (χ2n) is 10.5.